The van der Waals surface area contributed by atoms with E-state index < -0.39 is 33.9 Å². The van der Waals surface area contributed by atoms with Crippen molar-refractivity contribution in [2.24, 2.45) is 21.8 Å². The highest BCUT2D eigenvalue weighted by Gasteiger charge is 2.36. The molecule has 1 saturated heterocycles. The molecule has 3 amide bonds. The van der Waals surface area contributed by atoms with Gasteiger partial charge in [-0.2, -0.15) is 8.42 Å². The first kappa shape index (κ1) is 30.9. The highest BCUT2D eigenvalue weighted by Crippen LogP contribution is 2.20. The third-order valence-corrected chi connectivity index (χ3v) is 7.32. The summed E-state index contributed by atoms with van der Waals surface area (Å²) in [6, 6.07) is 12.6. The molecule has 0 unspecified atom stereocenters. The van der Waals surface area contributed by atoms with E-state index in [-0.39, 0.29) is 41.4 Å². The lowest BCUT2D eigenvalue weighted by molar-refractivity contribution is -0.141. The normalized spacial score (nSPS) is 16.6. The Labute approximate surface area is 229 Å². The van der Waals surface area contributed by atoms with E-state index in [2.05, 4.69) is 9.71 Å². The van der Waals surface area contributed by atoms with Crippen molar-refractivity contribution in [3.8, 4) is 0 Å². The van der Waals surface area contributed by atoms with E-state index in [1.165, 1.54) is 17.0 Å². The number of rotatable bonds is 9. The van der Waals surface area contributed by atoms with Gasteiger partial charge < -0.3 is 16.4 Å². The standard InChI is InChI=1S/C26H33N5O5S.ClH/c1-17(2)15-21(27)26(34)31-14-6-9-22(31)25(33)29-23(32)16-18-10-12-19(13-11-18)24(28)30-37(35,36)20-7-4-3-5-8-20;/h3-5,7-8,10-13,17,21-22H,6,9,14-16,27H2,1-2H3,(H2,28,30)(H,29,32,33);1H/t21-,22+;/m1./s1. The second-order valence-electron chi connectivity index (χ2n) is 9.48. The molecule has 0 aromatic heterocycles. The van der Waals surface area contributed by atoms with Gasteiger partial charge in [0.1, 0.15) is 11.9 Å². The van der Waals surface area contributed by atoms with Gasteiger partial charge in [-0.3, -0.25) is 19.7 Å². The molecule has 1 aliphatic heterocycles. The number of carbonyl (C=O) groups is 3. The van der Waals surface area contributed by atoms with Gasteiger partial charge in [-0.1, -0.05) is 56.3 Å². The third-order valence-electron chi connectivity index (χ3n) is 6.02. The van der Waals surface area contributed by atoms with Crippen molar-refractivity contribution < 1.29 is 22.8 Å². The minimum absolute atomic E-state index is 0. The second-order valence-corrected chi connectivity index (χ2v) is 11.1. The van der Waals surface area contributed by atoms with Gasteiger partial charge in [0.2, 0.25) is 17.7 Å². The average Bonchev–Trinajstić information content (AvgIpc) is 3.34. The summed E-state index contributed by atoms with van der Waals surface area (Å²) in [4.78, 5) is 39.5. The first-order valence-electron chi connectivity index (χ1n) is 12.1. The van der Waals surface area contributed by atoms with Crippen LogP contribution in [0.25, 0.3) is 0 Å². The van der Waals surface area contributed by atoms with Crippen LogP contribution in [-0.4, -0.2) is 55.5 Å². The maximum Gasteiger partial charge on any atom is 0.284 e. The van der Waals surface area contributed by atoms with Gasteiger partial charge in [-0.05, 0) is 42.9 Å². The van der Waals surface area contributed by atoms with Gasteiger partial charge in [0.25, 0.3) is 10.0 Å². The fourth-order valence-corrected chi connectivity index (χ4v) is 5.17. The van der Waals surface area contributed by atoms with E-state index in [4.69, 9.17) is 11.5 Å². The first-order chi connectivity index (χ1) is 17.5. The molecular weight excluding hydrogens is 530 g/mol. The highest BCUT2D eigenvalue weighted by atomic mass is 35.5. The number of nitrogens with one attached hydrogen (secondary N) is 1. The number of likely N-dealkylation sites (tertiary alicyclic amines) is 1. The molecule has 5 N–H and O–H groups in total. The molecule has 206 valence electrons. The van der Waals surface area contributed by atoms with Crippen LogP contribution in [0.2, 0.25) is 0 Å². The minimum Gasteiger partial charge on any atom is -0.383 e. The van der Waals surface area contributed by atoms with E-state index in [0.717, 1.165) is 0 Å². The Balaban J connectivity index is 0.00000507. The quantitative estimate of drug-likeness (QED) is 0.309. The predicted octanol–water partition coefficient (Wildman–Crippen LogP) is 1.75. The van der Waals surface area contributed by atoms with Crippen molar-refractivity contribution in [1.29, 1.82) is 0 Å². The molecule has 2 aromatic rings. The lowest BCUT2D eigenvalue weighted by Crippen LogP contribution is -2.52. The van der Waals surface area contributed by atoms with Crippen LogP contribution in [0.1, 0.15) is 44.2 Å². The van der Waals surface area contributed by atoms with Crippen LogP contribution in [0.3, 0.4) is 0 Å². The highest BCUT2D eigenvalue weighted by molar-refractivity contribution is 7.90. The number of carbonyl (C=O) groups excluding carboxylic acids is 3. The van der Waals surface area contributed by atoms with E-state index in [1.54, 1.807) is 42.5 Å². The van der Waals surface area contributed by atoms with Crippen molar-refractivity contribution in [2.45, 2.75) is 56.5 Å². The van der Waals surface area contributed by atoms with Crippen LogP contribution >= 0.6 is 12.4 Å². The maximum absolute atomic E-state index is 12.7. The zero-order chi connectivity index (χ0) is 27.2. The molecule has 12 heteroatoms. The van der Waals surface area contributed by atoms with Gasteiger partial charge >= 0.3 is 0 Å². The Kier molecular flexibility index (Phi) is 11.0. The molecule has 1 aliphatic rings. The number of hydrogen-bond acceptors (Lipinski definition) is 6. The SMILES string of the molecule is CC(C)C[C@@H](N)C(=O)N1CCC[C@H]1C(=O)NC(=O)Cc1ccc(C(N)=NS(=O)(=O)c2ccccc2)cc1.Cl. The predicted molar refractivity (Wildman–Crippen MR) is 147 cm³/mol. The molecule has 0 saturated carbocycles. The zero-order valence-corrected chi connectivity index (χ0v) is 23.0. The number of nitrogens with two attached hydrogens (primary N) is 2. The summed E-state index contributed by atoms with van der Waals surface area (Å²) in [6.07, 6.45) is 1.57. The summed E-state index contributed by atoms with van der Waals surface area (Å²) in [6.45, 7) is 4.38. The summed E-state index contributed by atoms with van der Waals surface area (Å²) < 4.78 is 28.5. The number of halogens is 1. The van der Waals surface area contributed by atoms with E-state index in [1.807, 2.05) is 13.8 Å². The van der Waals surface area contributed by atoms with Crippen LogP contribution in [-0.2, 0) is 30.8 Å². The fraction of sp³-hybridized carbons (Fsp3) is 0.385. The largest absolute Gasteiger partial charge is 0.383 e. The maximum atomic E-state index is 12.7. The molecule has 38 heavy (non-hydrogen) atoms. The van der Waals surface area contributed by atoms with Gasteiger partial charge in [-0.15, -0.1) is 16.8 Å². The van der Waals surface area contributed by atoms with Crippen LogP contribution < -0.4 is 16.8 Å². The summed E-state index contributed by atoms with van der Waals surface area (Å²) >= 11 is 0. The average molecular weight is 564 g/mol. The Bertz CT molecular complexity index is 1270. The third kappa shape index (κ3) is 8.11. The summed E-state index contributed by atoms with van der Waals surface area (Å²) in [5, 5.41) is 2.38. The van der Waals surface area contributed by atoms with E-state index >= 15 is 0 Å². The van der Waals surface area contributed by atoms with Gasteiger partial charge in [-0.25, -0.2) is 0 Å². The van der Waals surface area contributed by atoms with Crippen LogP contribution in [0.15, 0.2) is 63.9 Å². The number of amides is 3. The van der Waals surface area contributed by atoms with Gasteiger partial charge in [0.05, 0.1) is 17.4 Å². The van der Waals surface area contributed by atoms with Gasteiger partial charge in [0.15, 0.2) is 0 Å². The molecule has 1 fully saturated rings. The smallest absolute Gasteiger partial charge is 0.284 e. The lowest BCUT2D eigenvalue weighted by atomic mass is 10.0. The van der Waals surface area contributed by atoms with Crippen LogP contribution in [0.4, 0.5) is 0 Å². The zero-order valence-electron chi connectivity index (χ0n) is 21.4. The molecule has 1 heterocycles. The summed E-state index contributed by atoms with van der Waals surface area (Å²) in [5.74, 6) is -1.25. The summed E-state index contributed by atoms with van der Waals surface area (Å²) in [7, 11) is -3.96. The Morgan fingerprint density at radius 3 is 2.32 bits per heavy atom. The Morgan fingerprint density at radius 2 is 1.71 bits per heavy atom. The van der Waals surface area contributed by atoms with Crippen molar-refractivity contribution in [2.75, 3.05) is 6.54 Å². The molecule has 2 atom stereocenters. The Hall–Kier alpha value is -3.28. The molecule has 2 aromatic carbocycles. The number of amidine groups is 1. The number of nitrogens with zero attached hydrogens (tertiary/aromatic N) is 2. The van der Waals surface area contributed by atoms with Crippen molar-refractivity contribution in [3.63, 3.8) is 0 Å². The fourth-order valence-electron chi connectivity index (χ4n) is 4.20. The van der Waals surface area contributed by atoms with E-state index in [9.17, 15) is 22.8 Å². The van der Waals surface area contributed by atoms with Crippen molar-refractivity contribution >= 4 is 46.0 Å². The molecule has 0 radical (unpaired) electrons. The Morgan fingerprint density at radius 1 is 1.08 bits per heavy atom. The number of imide groups is 1. The van der Waals surface area contributed by atoms with Gasteiger partial charge in [0, 0.05) is 12.1 Å². The molecule has 0 aliphatic carbocycles. The van der Waals surface area contributed by atoms with Crippen LogP contribution in [0, 0.1) is 5.92 Å². The molecule has 3 rings (SSSR count). The van der Waals surface area contributed by atoms with E-state index in [0.29, 0.717) is 36.9 Å². The first-order valence-corrected chi connectivity index (χ1v) is 13.6. The number of benzene rings is 2. The molecule has 10 nitrogen and oxygen atoms in total. The lowest BCUT2D eigenvalue weighted by Gasteiger charge is -2.27. The number of sulfonamides is 1. The number of hydrogen-bond donors (Lipinski definition) is 3. The minimum atomic E-state index is -3.96. The van der Waals surface area contributed by atoms with Crippen LogP contribution in [0.5, 0.6) is 0 Å². The molecule has 0 bridgehead atoms. The molecule has 0 spiro atoms. The second kappa shape index (κ2) is 13.5. The monoisotopic (exact) mass is 563 g/mol. The molecular formula is C26H34ClN5O5S. The van der Waals surface area contributed by atoms with Crippen molar-refractivity contribution in [3.05, 3.63) is 65.7 Å². The topological polar surface area (TPSA) is 165 Å². The summed E-state index contributed by atoms with van der Waals surface area (Å²) in [5.41, 5.74) is 12.9. The van der Waals surface area contributed by atoms with Crippen molar-refractivity contribution in [1.82, 2.24) is 10.2 Å².